The van der Waals surface area contributed by atoms with Gasteiger partial charge in [-0.2, -0.15) is 0 Å². The van der Waals surface area contributed by atoms with E-state index in [1.807, 2.05) is 35.3 Å². The second-order valence-corrected chi connectivity index (χ2v) is 6.54. The standard InChI is InChI=1S/C20H18N4O3/c21-16-17(23-20(27)24-18(16)25)19(26)22-15-9-8-12-6-7-13(10-14(12)15)11-4-2-1-3-5-11/h1-7,10,15H,8-9,21H2,(H,22,26)(H2,23,24,25,27)/t15-/m1/s1. The van der Waals surface area contributed by atoms with Gasteiger partial charge in [0.25, 0.3) is 11.5 Å². The van der Waals surface area contributed by atoms with Gasteiger partial charge in [0.1, 0.15) is 11.4 Å². The van der Waals surface area contributed by atoms with E-state index in [1.54, 1.807) is 0 Å². The highest BCUT2D eigenvalue weighted by Crippen LogP contribution is 2.34. The van der Waals surface area contributed by atoms with Crippen molar-refractivity contribution in [2.45, 2.75) is 18.9 Å². The lowest BCUT2D eigenvalue weighted by Crippen LogP contribution is -2.34. The van der Waals surface area contributed by atoms with Gasteiger partial charge in [0.15, 0.2) is 0 Å². The van der Waals surface area contributed by atoms with E-state index in [-0.39, 0.29) is 17.4 Å². The van der Waals surface area contributed by atoms with E-state index in [4.69, 9.17) is 5.73 Å². The molecule has 1 atom stereocenters. The van der Waals surface area contributed by atoms with Gasteiger partial charge >= 0.3 is 5.69 Å². The van der Waals surface area contributed by atoms with Crippen LogP contribution in [0.5, 0.6) is 0 Å². The molecule has 1 aliphatic rings. The Morgan fingerprint density at radius 3 is 2.59 bits per heavy atom. The topological polar surface area (TPSA) is 121 Å². The molecule has 1 aromatic heterocycles. The molecule has 3 aromatic rings. The van der Waals surface area contributed by atoms with Crippen molar-refractivity contribution in [2.75, 3.05) is 5.73 Å². The Kier molecular flexibility index (Phi) is 4.12. The normalized spacial score (nSPS) is 15.3. The van der Waals surface area contributed by atoms with E-state index >= 15 is 0 Å². The van der Waals surface area contributed by atoms with Crippen LogP contribution in [-0.2, 0) is 6.42 Å². The number of nitrogens with two attached hydrogens (primary N) is 1. The van der Waals surface area contributed by atoms with Crippen LogP contribution < -0.4 is 22.3 Å². The number of aromatic nitrogens is 2. The smallest absolute Gasteiger partial charge is 0.326 e. The average Bonchev–Trinajstić information content (AvgIpc) is 3.07. The molecule has 0 bridgehead atoms. The molecular weight excluding hydrogens is 344 g/mol. The molecule has 0 unspecified atom stereocenters. The number of nitrogens with one attached hydrogen (secondary N) is 3. The molecule has 7 heteroatoms. The zero-order chi connectivity index (χ0) is 19.0. The molecule has 4 rings (SSSR count). The van der Waals surface area contributed by atoms with Gasteiger partial charge in [0, 0.05) is 0 Å². The minimum atomic E-state index is -0.776. The van der Waals surface area contributed by atoms with Crippen molar-refractivity contribution in [1.82, 2.24) is 15.3 Å². The fourth-order valence-corrected chi connectivity index (χ4v) is 3.47. The molecule has 0 aliphatic heterocycles. The van der Waals surface area contributed by atoms with Crippen molar-refractivity contribution >= 4 is 11.6 Å². The first-order valence-electron chi connectivity index (χ1n) is 8.64. The minimum Gasteiger partial charge on any atom is -0.392 e. The second kappa shape index (κ2) is 6.60. The number of carbonyl (C=O) groups is 1. The van der Waals surface area contributed by atoms with Gasteiger partial charge in [-0.15, -0.1) is 0 Å². The highest BCUT2D eigenvalue weighted by Gasteiger charge is 2.26. The van der Waals surface area contributed by atoms with Crippen LogP contribution in [0.1, 0.15) is 34.1 Å². The Labute approximate surface area is 154 Å². The van der Waals surface area contributed by atoms with Crippen LogP contribution in [-0.4, -0.2) is 15.9 Å². The number of H-pyrrole nitrogens is 2. The van der Waals surface area contributed by atoms with Crippen LogP contribution in [0.2, 0.25) is 0 Å². The third kappa shape index (κ3) is 3.15. The number of nitrogen functional groups attached to an aromatic ring is 1. The molecule has 136 valence electrons. The highest BCUT2D eigenvalue weighted by atomic mass is 16.2. The van der Waals surface area contributed by atoms with Gasteiger partial charge < -0.3 is 16.0 Å². The predicted molar refractivity (Wildman–Crippen MR) is 103 cm³/mol. The van der Waals surface area contributed by atoms with Crippen LogP contribution >= 0.6 is 0 Å². The Morgan fingerprint density at radius 1 is 1.04 bits per heavy atom. The number of carbonyl (C=O) groups excluding carboxylic acids is 1. The number of hydrogen-bond donors (Lipinski definition) is 4. The van der Waals surface area contributed by atoms with Gasteiger partial charge in [0.05, 0.1) is 6.04 Å². The van der Waals surface area contributed by atoms with Crippen molar-refractivity contribution in [3.8, 4) is 11.1 Å². The Hall–Kier alpha value is -3.61. The number of amides is 1. The monoisotopic (exact) mass is 362 g/mol. The van der Waals surface area contributed by atoms with Crippen LogP contribution in [0, 0.1) is 0 Å². The summed E-state index contributed by atoms with van der Waals surface area (Å²) in [6.07, 6.45) is 1.59. The van der Waals surface area contributed by atoms with Crippen LogP contribution in [0.25, 0.3) is 11.1 Å². The van der Waals surface area contributed by atoms with Gasteiger partial charge in [-0.3, -0.25) is 14.6 Å². The molecule has 1 amide bonds. The summed E-state index contributed by atoms with van der Waals surface area (Å²) in [4.78, 5) is 40.0. The maximum Gasteiger partial charge on any atom is 0.326 e. The quantitative estimate of drug-likeness (QED) is 0.567. The van der Waals surface area contributed by atoms with Crippen LogP contribution in [0.4, 0.5) is 5.69 Å². The molecule has 7 nitrogen and oxygen atoms in total. The molecule has 2 aromatic carbocycles. The zero-order valence-corrected chi connectivity index (χ0v) is 14.4. The molecule has 0 saturated heterocycles. The van der Waals surface area contributed by atoms with E-state index in [1.165, 1.54) is 5.56 Å². The summed E-state index contributed by atoms with van der Waals surface area (Å²) in [5, 5.41) is 2.88. The summed E-state index contributed by atoms with van der Waals surface area (Å²) < 4.78 is 0. The van der Waals surface area contributed by atoms with E-state index in [0.29, 0.717) is 0 Å². The number of anilines is 1. The van der Waals surface area contributed by atoms with Crippen molar-refractivity contribution < 1.29 is 4.79 Å². The predicted octanol–water partition coefficient (Wildman–Crippen LogP) is 1.73. The van der Waals surface area contributed by atoms with Crippen molar-refractivity contribution in [1.29, 1.82) is 0 Å². The third-order valence-electron chi connectivity index (χ3n) is 4.84. The van der Waals surface area contributed by atoms with Crippen molar-refractivity contribution in [2.24, 2.45) is 0 Å². The second-order valence-electron chi connectivity index (χ2n) is 6.54. The molecule has 1 heterocycles. The van der Waals surface area contributed by atoms with Gasteiger partial charge in [-0.1, -0.05) is 42.5 Å². The number of fused-ring (bicyclic) bond motifs is 1. The molecule has 0 spiro atoms. The number of hydrogen-bond acceptors (Lipinski definition) is 4. The SMILES string of the molecule is Nc1c(C(=O)N[C@@H]2CCc3ccc(-c4ccccc4)cc32)[nH]c(=O)[nH]c1=O. The van der Waals surface area contributed by atoms with Gasteiger partial charge in [-0.05, 0) is 41.2 Å². The van der Waals surface area contributed by atoms with Crippen LogP contribution in [0.3, 0.4) is 0 Å². The van der Waals surface area contributed by atoms with Crippen molar-refractivity contribution in [3.63, 3.8) is 0 Å². The van der Waals surface area contributed by atoms with E-state index in [2.05, 4.69) is 28.5 Å². The first-order valence-corrected chi connectivity index (χ1v) is 8.64. The Bertz CT molecular complexity index is 1130. The Morgan fingerprint density at radius 2 is 1.81 bits per heavy atom. The summed E-state index contributed by atoms with van der Waals surface area (Å²) >= 11 is 0. The van der Waals surface area contributed by atoms with Gasteiger partial charge in [-0.25, -0.2) is 4.79 Å². The van der Waals surface area contributed by atoms with E-state index < -0.39 is 17.2 Å². The summed E-state index contributed by atoms with van der Waals surface area (Å²) in [6.45, 7) is 0. The number of aromatic amines is 2. The molecule has 27 heavy (non-hydrogen) atoms. The van der Waals surface area contributed by atoms with Crippen molar-refractivity contribution in [3.05, 3.63) is 86.2 Å². The summed E-state index contributed by atoms with van der Waals surface area (Å²) in [6, 6.07) is 16.0. The summed E-state index contributed by atoms with van der Waals surface area (Å²) in [5.74, 6) is -0.571. The lowest BCUT2D eigenvalue weighted by atomic mass is 9.99. The number of benzene rings is 2. The van der Waals surface area contributed by atoms with E-state index in [9.17, 15) is 14.4 Å². The fourth-order valence-electron chi connectivity index (χ4n) is 3.47. The molecule has 0 radical (unpaired) electrons. The molecule has 0 fully saturated rings. The number of aryl methyl sites for hydroxylation is 1. The van der Waals surface area contributed by atoms with Crippen LogP contribution in [0.15, 0.2) is 58.1 Å². The summed E-state index contributed by atoms with van der Waals surface area (Å²) in [7, 11) is 0. The third-order valence-corrected chi connectivity index (χ3v) is 4.84. The van der Waals surface area contributed by atoms with E-state index in [0.717, 1.165) is 29.5 Å². The maximum absolute atomic E-state index is 12.6. The first kappa shape index (κ1) is 16.8. The zero-order valence-electron chi connectivity index (χ0n) is 14.4. The fraction of sp³-hybridized carbons (Fsp3) is 0.150. The minimum absolute atomic E-state index is 0.210. The molecular formula is C20H18N4O3. The maximum atomic E-state index is 12.6. The highest BCUT2D eigenvalue weighted by molar-refractivity contribution is 5.97. The summed E-state index contributed by atoms with van der Waals surface area (Å²) in [5.41, 5.74) is 7.97. The molecule has 1 aliphatic carbocycles. The lowest BCUT2D eigenvalue weighted by molar-refractivity contribution is 0.0932. The number of rotatable bonds is 3. The lowest BCUT2D eigenvalue weighted by Gasteiger charge is -2.15. The average molecular weight is 362 g/mol. The molecule has 5 N–H and O–H groups in total. The molecule has 0 saturated carbocycles. The first-order chi connectivity index (χ1) is 13.0. The largest absolute Gasteiger partial charge is 0.392 e. The van der Waals surface area contributed by atoms with Gasteiger partial charge in [0.2, 0.25) is 0 Å². The Balaban J connectivity index is 1.64.